The number of carbonyl (C=O) groups excluding carboxylic acids is 2. The van der Waals surface area contributed by atoms with Gasteiger partial charge in [0.25, 0.3) is 17.5 Å². The lowest BCUT2D eigenvalue weighted by Gasteiger charge is -2.12. The molecule has 0 aliphatic heterocycles. The average molecular weight is 459 g/mol. The number of unbranched alkanes of at least 4 members (excludes halogenated alkanes) is 3. The SMILES string of the molecule is CCCCCCOc1ccc(C(=O)NNC(=O)c2cc(OC)c(OCC)cc2[N+](=O)[O-])cc1. The Bertz CT molecular complexity index is 961. The number of nitrogens with one attached hydrogen (secondary N) is 2. The van der Waals surface area contributed by atoms with E-state index >= 15 is 0 Å². The van der Waals surface area contributed by atoms with Crippen LogP contribution in [0.5, 0.6) is 17.2 Å². The van der Waals surface area contributed by atoms with Gasteiger partial charge in [-0.25, -0.2) is 0 Å². The van der Waals surface area contributed by atoms with Crippen LogP contribution >= 0.6 is 0 Å². The van der Waals surface area contributed by atoms with Crippen LogP contribution in [-0.2, 0) is 0 Å². The lowest BCUT2D eigenvalue weighted by molar-refractivity contribution is -0.385. The Hall–Kier alpha value is -3.82. The zero-order chi connectivity index (χ0) is 24.2. The second-order valence-electron chi connectivity index (χ2n) is 7.05. The van der Waals surface area contributed by atoms with Crippen LogP contribution in [0.25, 0.3) is 0 Å². The van der Waals surface area contributed by atoms with Crippen LogP contribution in [0.2, 0.25) is 0 Å². The van der Waals surface area contributed by atoms with Gasteiger partial charge in [0.1, 0.15) is 11.3 Å². The van der Waals surface area contributed by atoms with E-state index in [1.165, 1.54) is 19.6 Å². The summed E-state index contributed by atoms with van der Waals surface area (Å²) in [6.45, 7) is 4.72. The Morgan fingerprint density at radius 3 is 2.24 bits per heavy atom. The fourth-order valence-corrected chi connectivity index (χ4v) is 2.98. The minimum Gasteiger partial charge on any atom is -0.494 e. The van der Waals surface area contributed by atoms with E-state index in [0.717, 1.165) is 25.3 Å². The summed E-state index contributed by atoms with van der Waals surface area (Å²) in [5.74, 6) is -0.518. The van der Waals surface area contributed by atoms with Gasteiger partial charge in [-0.1, -0.05) is 26.2 Å². The maximum absolute atomic E-state index is 12.5. The molecule has 0 unspecified atom stereocenters. The molecule has 0 radical (unpaired) electrons. The van der Waals surface area contributed by atoms with E-state index in [-0.39, 0.29) is 29.2 Å². The molecule has 0 bridgehead atoms. The smallest absolute Gasteiger partial charge is 0.286 e. The molecular formula is C23H29N3O7. The lowest BCUT2D eigenvalue weighted by atomic mass is 10.1. The zero-order valence-electron chi connectivity index (χ0n) is 19.0. The number of nitro benzene ring substituents is 1. The standard InChI is InChI=1S/C23H29N3O7/c1-4-6-7-8-13-33-17-11-9-16(10-12-17)22(27)24-25-23(28)18-14-20(31-3)21(32-5-2)15-19(18)26(29)30/h9-12,14-15H,4-8,13H2,1-3H3,(H,24,27)(H,25,28). The molecule has 0 saturated carbocycles. The highest BCUT2D eigenvalue weighted by Crippen LogP contribution is 2.34. The summed E-state index contributed by atoms with van der Waals surface area (Å²) in [5, 5.41) is 11.4. The van der Waals surface area contributed by atoms with Crippen LogP contribution < -0.4 is 25.1 Å². The first-order valence-corrected chi connectivity index (χ1v) is 10.7. The monoisotopic (exact) mass is 459 g/mol. The van der Waals surface area contributed by atoms with Gasteiger partial charge in [0, 0.05) is 11.6 Å². The first-order chi connectivity index (χ1) is 15.9. The van der Waals surface area contributed by atoms with E-state index in [0.29, 0.717) is 12.4 Å². The third-order valence-corrected chi connectivity index (χ3v) is 4.70. The molecule has 33 heavy (non-hydrogen) atoms. The number of nitrogens with zero attached hydrogens (tertiary/aromatic N) is 1. The molecule has 0 aliphatic carbocycles. The van der Waals surface area contributed by atoms with Gasteiger partial charge in [-0.2, -0.15) is 0 Å². The Balaban J connectivity index is 2.01. The van der Waals surface area contributed by atoms with Crippen LogP contribution in [0.15, 0.2) is 36.4 Å². The molecule has 0 heterocycles. The van der Waals surface area contributed by atoms with Crippen molar-refractivity contribution in [3.8, 4) is 17.2 Å². The van der Waals surface area contributed by atoms with Gasteiger partial charge >= 0.3 is 0 Å². The van der Waals surface area contributed by atoms with Crippen LogP contribution in [-0.4, -0.2) is 37.1 Å². The molecule has 10 heteroatoms. The summed E-state index contributed by atoms with van der Waals surface area (Å²) in [6, 6.07) is 8.76. The molecule has 10 nitrogen and oxygen atoms in total. The summed E-state index contributed by atoms with van der Waals surface area (Å²) < 4.78 is 16.1. The van der Waals surface area contributed by atoms with Crippen molar-refractivity contribution in [2.24, 2.45) is 0 Å². The average Bonchev–Trinajstić information content (AvgIpc) is 2.82. The number of hydrogen-bond acceptors (Lipinski definition) is 7. The molecule has 0 aromatic heterocycles. The summed E-state index contributed by atoms with van der Waals surface area (Å²) in [4.78, 5) is 35.6. The van der Waals surface area contributed by atoms with Gasteiger partial charge in [-0.05, 0) is 37.6 Å². The number of amides is 2. The highest BCUT2D eigenvalue weighted by atomic mass is 16.6. The molecule has 0 saturated heterocycles. The van der Waals surface area contributed by atoms with Gasteiger partial charge < -0.3 is 14.2 Å². The van der Waals surface area contributed by atoms with Gasteiger partial charge in [0.05, 0.1) is 31.3 Å². The number of nitro groups is 1. The van der Waals surface area contributed by atoms with Crippen LogP contribution in [0.4, 0.5) is 5.69 Å². The molecule has 2 rings (SSSR count). The topological polar surface area (TPSA) is 129 Å². The number of hydrazine groups is 1. The quantitative estimate of drug-likeness (QED) is 0.278. The van der Waals surface area contributed by atoms with Crippen molar-refractivity contribution in [3.63, 3.8) is 0 Å². The maximum atomic E-state index is 12.5. The molecule has 2 N–H and O–H groups in total. The highest BCUT2D eigenvalue weighted by molar-refractivity contribution is 6.01. The minimum atomic E-state index is -0.872. The van der Waals surface area contributed by atoms with Gasteiger partial charge in [-0.15, -0.1) is 0 Å². The number of benzene rings is 2. The minimum absolute atomic E-state index is 0.139. The Labute approximate surface area is 192 Å². The predicted octanol–water partition coefficient (Wildman–Crippen LogP) is 4.04. The van der Waals surface area contributed by atoms with E-state index in [4.69, 9.17) is 14.2 Å². The number of methoxy groups -OCH3 is 1. The zero-order valence-corrected chi connectivity index (χ0v) is 19.0. The Morgan fingerprint density at radius 2 is 1.64 bits per heavy atom. The van der Waals surface area contributed by atoms with Crippen LogP contribution in [0, 0.1) is 10.1 Å². The van der Waals surface area contributed by atoms with Crippen molar-refractivity contribution >= 4 is 17.5 Å². The summed E-state index contributed by atoms with van der Waals surface area (Å²) in [5.41, 5.74) is 3.97. The highest BCUT2D eigenvalue weighted by Gasteiger charge is 2.25. The van der Waals surface area contributed by atoms with E-state index < -0.39 is 22.4 Å². The normalized spacial score (nSPS) is 10.3. The molecule has 0 atom stereocenters. The third-order valence-electron chi connectivity index (χ3n) is 4.70. The van der Waals surface area contributed by atoms with Gasteiger partial charge in [0.2, 0.25) is 0 Å². The van der Waals surface area contributed by atoms with E-state index in [1.807, 2.05) is 0 Å². The maximum Gasteiger partial charge on any atom is 0.286 e. The van der Waals surface area contributed by atoms with Crippen LogP contribution in [0.3, 0.4) is 0 Å². The molecule has 2 aromatic rings. The first kappa shape index (κ1) is 25.4. The first-order valence-electron chi connectivity index (χ1n) is 10.7. The molecule has 2 aromatic carbocycles. The second-order valence-corrected chi connectivity index (χ2v) is 7.05. The Morgan fingerprint density at radius 1 is 0.939 bits per heavy atom. The molecule has 0 fully saturated rings. The van der Waals surface area contributed by atoms with Crippen molar-refractivity contribution in [1.82, 2.24) is 10.9 Å². The van der Waals surface area contributed by atoms with E-state index in [1.54, 1.807) is 31.2 Å². The third kappa shape index (κ3) is 7.37. The van der Waals surface area contributed by atoms with Crippen LogP contribution in [0.1, 0.15) is 60.2 Å². The predicted molar refractivity (Wildman–Crippen MR) is 122 cm³/mol. The van der Waals surface area contributed by atoms with Crippen molar-refractivity contribution in [3.05, 3.63) is 57.6 Å². The molecule has 0 aliphatic rings. The van der Waals surface area contributed by atoms with Gasteiger partial charge in [0.15, 0.2) is 11.5 Å². The van der Waals surface area contributed by atoms with Crippen molar-refractivity contribution in [2.75, 3.05) is 20.3 Å². The lowest BCUT2D eigenvalue weighted by Crippen LogP contribution is -2.41. The van der Waals surface area contributed by atoms with E-state index in [2.05, 4.69) is 17.8 Å². The number of hydrogen-bond donors (Lipinski definition) is 2. The van der Waals surface area contributed by atoms with Gasteiger partial charge in [-0.3, -0.25) is 30.6 Å². The largest absolute Gasteiger partial charge is 0.494 e. The van der Waals surface area contributed by atoms with Crippen molar-refractivity contribution < 1.29 is 28.7 Å². The summed E-state index contributed by atoms with van der Waals surface area (Å²) in [7, 11) is 1.35. The van der Waals surface area contributed by atoms with E-state index in [9.17, 15) is 19.7 Å². The number of rotatable bonds is 12. The summed E-state index contributed by atoms with van der Waals surface area (Å²) >= 11 is 0. The molecule has 178 valence electrons. The molecule has 2 amide bonds. The fourth-order valence-electron chi connectivity index (χ4n) is 2.98. The number of ether oxygens (including phenoxy) is 3. The van der Waals surface area contributed by atoms with Crippen molar-refractivity contribution in [1.29, 1.82) is 0 Å². The molecule has 0 spiro atoms. The van der Waals surface area contributed by atoms with Crippen molar-refractivity contribution in [2.45, 2.75) is 39.5 Å². The summed E-state index contributed by atoms with van der Waals surface area (Å²) in [6.07, 6.45) is 4.39. The second kappa shape index (κ2) is 12.9. The Kier molecular flexibility index (Phi) is 9.94. The fraction of sp³-hybridized carbons (Fsp3) is 0.391. The molecular weight excluding hydrogens is 430 g/mol. The number of carbonyl (C=O) groups is 2.